The van der Waals surface area contributed by atoms with Crippen molar-refractivity contribution in [2.75, 3.05) is 18.6 Å². The predicted molar refractivity (Wildman–Crippen MR) is 139 cm³/mol. The van der Waals surface area contributed by atoms with Crippen molar-refractivity contribution >= 4 is 23.2 Å². The molecule has 1 aliphatic heterocycles. The van der Waals surface area contributed by atoms with Crippen molar-refractivity contribution < 1.29 is 9.47 Å². The summed E-state index contributed by atoms with van der Waals surface area (Å²) in [5, 5.41) is 0. The summed E-state index contributed by atoms with van der Waals surface area (Å²) in [7, 11) is 1.65. The minimum atomic E-state index is 0.0164. The summed E-state index contributed by atoms with van der Waals surface area (Å²) in [6.07, 6.45) is 4.31. The van der Waals surface area contributed by atoms with Crippen LogP contribution in [0.15, 0.2) is 71.7 Å². The number of ether oxygens (including phenoxy) is 2. The van der Waals surface area contributed by atoms with Crippen LogP contribution in [0.5, 0.6) is 17.2 Å². The highest BCUT2D eigenvalue weighted by Crippen LogP contribution is 2.40. The number of likely N-dealkylation sites (N-methyl/N-ethyl adjacent to an activating group) is 1. The maximum absolute atomic E-state index is 5.93. The van der Waals surface area contributed by atoms with Crippen LogP contribution in [0.2, 0.25) is 0 Å². The zero-order chi connectivity index (χ0) is 23.6. The standard InChI is InChI=1S/C29H32N2O2/c1-7-31-28-15-20(2)22(16-27(28)21(3)18-29(31,4)5)19-30-23-11-13-24(14-12-23)33-26-10-8-9-25(17-26)32-6/h8-19H,7H2,1-6H3. The van der Waals surface area contributed by atoms with E-state index in [0.29, 0.717) is 0 Å². The molecule has 0 fully saturated rings. The molecule has 170 valence electrons. The molecule has 3 aromatic rings. The summed E-state index contributed by atoms with van der Waals surface area (Å²) >= 11 is 0. The Kier molecular flexibility index (Phi) is 6.28. The van der Waals surface area contributed by atoms with E-state index >= 15 is 0 Å². The first kappa shape index (κ1) is 22.7. The quantitative estimate of drug-likeness (QED) is 0.371. The first-order valence-corrected chi connectivity index (χ1v) is 11.4. The Hall–Kier alpha value is -3.53. The van der Waals surface area contributed by atoms with Crippen LogP contribution in [0.3, 0.4) is 0 Å². The number of allylic oxidation sites excluding steroid dienone is 1. The predicted octanol–water partition coefficient (Wildman–Crippen LogP) is 7.57. The van der Waals surface area contributed by atoms with Crippen LogP contribution in [0.4, 0.5) is 11.4 Å². The minimum absolute atomic E-state index is 0.0164. The Morgan fingerprint density at radius 3 is 2.36 bits per heavy atom. The van der Waals surface area contributed by atoms with E-state index in [4.69, 9.17) is 14.5 Å². The molecule has 3 aromatic carbocycles. The summed E-state index contributed by atoms with van der Waals surface area (Å²) in [5.74, 6) is 2.27. The van der Waals surface area contributed by atoms with Gasteiger partial charge in [-0.25, -0.2) is 0 Å². The second kappa shape index (κ2) is 9.14. The number of benzene rings is 3. The first-order chi connectivity index (χ1) is 15.8. The van der Waals surface area contributed by atoms with E-state index in [0.717, 1.165) is 35.0 Å². The number of nitrogens with zero attached hydrogens (tertiary/aromatic N) is 2. The molecule has 0 bridgehead atoms. The summed E-state index contributed by atoms with van der Waals surface area (Å²) in [6.45, 7) is 12.1. The molecule has 0 radical (unpaired) electrons. The highest BCUT2D eigenvalue weighted by Gasteiger charge is 2.30. The van der Waals surface area contributed by atoms with E-state index in [1.165, 1.54) is 22.4 Å². The molecule has 0 saturated carbocycles. The van der Waals surface area contributed by atoms with Crippen LogP contribution in [0.25, 0.3) is 5.57 Å². The SMILES string of the molecule is CCN1c2cc(C)c(C=Nc3ccc(Oc4cccc(OC)c4)cc3)cc2C(C)=CC1(C)C. The van der Waals surface area contributed by atoms with E-state index in [1.54, 1.807) is 7.11 Å². The fourth-order valence-electron chi connectivity index (χ4n) is 4.51. The van der Waals surface area contributed by atoms with Crippen molar-refractivity contribution in [3.8, 4) is 17.2 Å². The lowest BCUT2D eigenvalue weighted by atomic mass is 9.87. The van der Waals surface area contributed by atoms with Gasteiger partial charge in [0.05, 0.1) is 18.3 Å². The summed E-state index contributed by atoms with van der Waals surface area (Å²) < 4.78 is 11.2. The number of methoxy groups -OCH3 is 1. The van der Waals surface area contributed by atoms with Gasteiger partial charge >= 0.3 is 0 Å². The van der Waals surface area contributed by atoms with E-state index in [1.807, 2.05) is 54.7 Å². The molecule has 0 amide bonds. The van der Waals surface area contributed by atoms with Gasteiger partial charge in [0.15, 0.2) is 0 Å². The topological polar surface area (TPSA) is 34.1 Å². The fourth-order valence-corrected chi connectivity index (χ4v) is 4.51. The maximum Gasteiger partial charge on any atom is 0.131 e. The van der Waals surface area contributed by atoms with Gasteiger partial charge in [-0.2, -0.15) is 0 Å². The Balaban J connectivity index is 1.54. The highest BCUT2D eigenvalue weighted by atomic mass is 16.5. The molecule has 0 N–H and O–H groups in total. The smallest absolute Gasteiger partial charge is 0.131 e. The van der Waals surface area contributed by atoms with E-state index in [2.05, 4.69) is 57.7 Å². The molecule has 0 spiro atoms. The molecule has 1 heterocycles. The largest absolute Gasteiger partial charge is 0.497 e. The van der Waals surface area contributed by atoms with Gasteiger partial charge in [-0.15, -0.1) is 0 Å². The number of hydrogen-bond donors (Lipinski definition) is 0. The van der Waals surface area contributed by atoms with Crippen LogP contribution in [-0.4, -0.2) is 25.4 Å². The van der Waals surface area contributed by atoms with Gasteiger partial charge in [0.1, 0.15) is 17.2 Å². The first-order valence-electron chi connectivity index (χ1n) is 11.4. The molecule has 0 aliphatic carbocycles. The third-order valence-corrected chi connectivity index (χ3v) is 6.15. The summed E-state index contributed by atoms with van der Waals surface area (Å²) in [6, 6.07) is 19.9. The van der Waals surface area contributed by atoms with Crippen molar-refractivity contribution in [2.45, 2.75) is 40.2 Å². The fraction of sp³-hybridized carbons (Fsp3) is 0.276. The highest BCUT2D eigenvalue weighted by molar-refractivity contribution is 5.90. The van der Waals surface area contributed by atoms with E-state index < -0.39 is 0 Å². The van der Waals surface area contributed by atoms with Crippen LogP contribution in [0.1, 0.15) is 44.4 Å². The molecule has 1 aliphatic rings. The Morgan fingerprint density at radius 2 is 1.67 bits per heavy atom. The molecule has 4 rings (SSSR count). The number of anilines is 1. The average molecular weight is 441 g/mol. The molecule has 4 nitrogen and oxygen atoms in total. The number of rotatable bonds is 6. The van der Waals surface area contributed by atoms with Crippen molar-refractivity contribution in [3.63, 3.8) is 0 Å². The van der Waals surface area contributed by atoms with Crippen molar-refractivity contribution in [1.29, 1.82) is 0 Å². The Labute approximate surface area is 197 Å². The third kappa shape index (κ3) is 4.80. The summed E-state index contributed by atoms with van der Waals surface area (Å²) in [5.41, 5.74) is 7.15. The van der Waals surface area contributed by atoms with Crippen molar-refractivity contribution in [2.24, 2.45) is 4.99 Å². The normalized spacial score (nSPS) is 14.7. The number of aryl methyl sites for hydroxylation is 1. The van der Waals surface area contributed by atoms with Crippen LogP contribution >= 0.6 is 0 Å². The third-order valence-electron chi connectivity index (χ3n) is 6.15. The zero-order valence-electron chi connectivity index (χ0n) is 20.3. The Bertz CT molecular complexity index is 1210. The van der Waals surface area contributed by atoms with Gasteiger partial charge < -0.3 is 14.4 Å². The lowest BCUT2D eigenvalue weighted by molar-refractivity contribution is 0.409. The second-order valence-corrected chi connectivity index (χ2v) is 8.98. The lowest BCUT2D eigenvalue weighted by Gasteiger charge is -2.43. The minimum Gasteiger partial charge on any atom is -0.497 e. The summed E-state index contributed by atoms with van der Waals surface area (Å²) in [4.78, 5) is 7.18. The molecular formula is C29H32N2O2. The van der Waals surface area contributed by atoms with Crippen LogP contribution in [-0.2, 0) is 0 Å². The number of aliphatic imine (C=N–C) groups is 1. The molecule has 0 aromatic heterocycles. The molecule has 0 saturated heterocycles. The number of fused-ring (bicyclic) bond motifs is 1. The van der Waals surface area contributed by atoms with E-state index in [9.17, 15) is 0 Å². The van der Waals surface area contributed by atoms with Crippen LogP contribution < -0.4 is 14.4 Å². The van der Waals surface area contributed by atoms with Gasteiger partial charge in [0.25, 0.3) is 0 Å². The average Bonchev–Trinajstić information content (AvgIpc) is 2.79. The van der Waals surface area contributed by atoms with Crippen molar-refractivity contribution in [3.05, 3.63) is 83.4 Å². The maximum atomic E-state index is 5.93. The second-order valence-electron chi connectivity index (χ2n) is 8.98. The molecular weight excluding hydrogens is 408 g/mol. The van der Waals surface area contributed by atoms with Crippen molar-refractivity contribution in [1.82, 2.24) is 0 Å². The lowest BCUT2D eigenvalue weighted by Crippen LogP contribution is -2.45. The monoisotopic (exact) mass is 440 g/mol. The molecule has 0 unspecified atom stereocenters. The number of hydrogen-bond acceptors (Lipinski definition) is 4. The zero-order valence-corrected chi connectivity index (χ0v) is 20.3. The Morgan fingerprint density at radius 1 is 0.939 bits per heavy atom. The molecule has 4 heteroatoms. The van der Waals surface area contributed by atoms with Crippen LogP contribution in [0, 0.1) is 6.92 Å². The van der Waals surface area contributed by atoms with Gasteiger partial charge in [-0.05, 0) is 99.8 Å². The van der Waals surface area contributed by atoms with Gasteiger partial charge in [0.2, 0.25) is 0 Å². The van der Waals surface area contributed by atoms with Gasteiger partial charge in [0, 0.05) is 30.1 Å². The van der Waals surface area contributed by atoms with E-state index in [-0.39, 0.29) is 5.54 Å². The van der Waals surface area contributed by atoms with Gasteiger partial charge in [-0.3, -0.25) is 4.99 Å². The molecule has 0 atom stereocenters. The molecule has 33 heavy (non-hydrogen) atoms. The van der Waals surface area contributed by atoms with Gasteiger partial charge in [-0.1, -0.05) is 12.1 Å².